The molecule has 1 saturated carbocycles. The summed E-state index contributed by atoms with van der Waals surface area (Å²) in [5.74, 6) is -1.10. The maximum absolute atomic E-state index is 13.7. The van der Waals surface area contributed by atoms with Gasteiger partial charge in [-0.3, -0.25) is 19.3 Å². The fraction of sp³-hybridized carbons (Fsp3) is 0.296. The normalized spacial score (nSPS) is 14.3. The van der Waals surface area contributed by atoms with E-state index >= 15 is 0 Å². The maximum Gasteiger partial charge on any atom is 0.287 e. The monoisotopic (exact) mass is 493 g/mol. The Kier molecular flexibility index (Phi) is 7.87. The van der Waals surface area contributed by atoms with Crippen molar-refractivity contribution in [2.24, 2.45) is 0 Å². The molecule has 1 fully saturated rings. The van der Waals surface area contributed by atoms with Gasteiger partial charge in [-0.05, 0) is 61.2 Å². The van der Waals surface area contributed by atoms with Crippen LogP contribution in [0.1, 0.15) is 53.4 Å². The van der Waals surface area contributed by atoms with Crippen molar-refractivity contribution >= 4 is 35.0 Å². The van der Waals surface area contributed by atoms with Gasteiger partial charge in [0.15, 0.2) is 5.76 Å². The minimum Gasteiger partial charge on any atom is -0.459 e. The third-order valence-corrected chi connectivity index (χ3v) is 6.43. The summed E-state index contributed by atoms with van der Waals surface area (Å²) in [5.41, 5.74) is 2.04. The molecule has 35 heavy (non-hydrogen) atoms. The summed E-state index contributed by atoms with van der Waals surface area (Å²) in [4.78, 5) is 41.2. The first-order chi connectivity index (χ1) is 16.9. The van der Waals surface area contributed by atoms with E-state index in [1.54, 1.807) is 36.4 Å². The average Bonchev–Trinajstić information content (AvgIpc) is 3.57. The van der Waals surface area contributed by atoms with Gasteiger partial charge in [-0.2, -0.15) is 0 Å². The molecule has 8 heteroatoms. The quantitative estimate of drug-likeness (QED) is 0.471. The van der Waals surface area contributed by atoms with Crippen LogP contribution in [0.15, 0.2) is 71.3 Å². The highest BCUT2D eigenvalue weighted by molar-refractivity contribution is 6.30. The van der Waals surface area contributed by atoms with E-state index in [1.165, 1.54) is 17.2 Å². The largest absolute Gasteiger partial charge is 0.459 e. The highest BCUT2D eigenvalue weighted by atomic mass is 35.5. The second-order valence-electron chi connectivity index (χ2n) is 8.65. The van der Waals surface area contributed by atoms with Gasteiger partial charge in [-0.1, -0.05) is 54.8 Å². The molecular weight excluding hydrogens is 466 g/mol. The topological polar surface area (TPSA) is 91.7 Å². The number of para-hydroxylation sites is 1. The number of anilines is 1. The van der Waals surface area contributed by atoms with Gasteiger partial charge in [0.1, 0.15) is 6.04 Å². The minimum absolute atomic E-state index is 0.0739. The number of nitrogens with one attached hydrogen (secondary N) is 2. The van der Waals surface area contributed by atoms with Crippen LogP contribution in [0.25, 0.3) is 0 Å². The summed E-state index contributed by atoms with van der Waals surface area (Å²) in [7, 11) is 0. The van der Waals surface area contributed by atoms with Crippen molar-refractivity contribution in [1.82, 2.24) is 10.6 Å². The molecule has 3 aromatic rings. The molecule has 182 valence electrons. The van der Waals surface area contributed by atoms with Gasteiger partial charge >= 0.3 is 0 Å². The summed E-state index contributed by atoms with van der Waals surface area (Å²) < 4.78 is 5.12. The highest BCUT2D eigenvalue weighted by Crippen LogP contribution is 2.32. The number of benzene rings is 2. The molecule has 1 atom stereocenters. The zero-order valence-corrected chi connectivity index (χ0v) is 20.3. The predicted molar refractivity (Wildman–Crippen MR) is 134 cm³/mol. The summed E-state index contributed by atoms with van der Waals surface area (Å²) in [5, 5.41) is 6.27. The van der Waals surface area contributed by atoms with Crippen molar-refractivity contribution in [3.05, 3.63) is 88.8 Å². The first kappa shape index (κ1) is 24.5. The zero-order chi connectivity index (χ0) is 24.8. The van der Waals surface area contributed by atoms with Crippen molar-refractivity contribution in [2.75, 3.05) is 11.4 Å². The number of furan rings is 1. The second-order valence-corrected chi connectivity index (χ2v) is 9.09. The highest BCUT2D eigenvalue weighted by Gasteiger charge is 2.35. The van der Waals surface area contributed by atoms with E-state index in [9.17, 15) is 14.4 Å². The van der Waals surface area contributed by atoms with E-state index in [4.69, 9.17) is 16.0 Å². The van der Waals surface area contributed by atoms with E-state index in [-0.39, 0.29) is 24.3 Å². The Morgan fingerprint density at radius 1 is 1.03 bits per heavy atom. The molecule has 1 aliphatic rings. The van der Waals surface area contributed by atoms with Crippen molar-refractivity contribution in [2.45, 2.75) is 44.7 Å². The van der Waals surface area contributed by atoms with Crippen LogP contribution in [-0.4, -0.2) is 30.3 Å². The van der Waals surface area contributed by atoms with Crippen LogP contribution in [0.4, 0.5) is 5.69 Å². The Morgan fingerprint density at radius 2 is 1.74 bits per heavy atom. The fourth-order valence-corrected chi connectivity index (χ4v) is 4.53. The van der Waals surface area contributed by atoms with Crippen molar-refractivity contribution in [3.63, 3.8) is 0 Å². The van der Waals surface area contributed by atoms with Crippen molar-refractivity contribution in [1.29, 1.82) is 0 Å². The van der Waals surface area contributed by atoms with E-state index in [2.05, 4.69) is 10.6 Å². The number of amides is 3. The van der Waals surface area contributed by atoms with Crippen LogP contribution in [0.2, 0.25) is 5.02 Å². The number of hydrogen-bond acceptors (Lipinski definition) is 4. The molecule has 0 aliphatic heterocycles. The van der Waals surface area contributed by atoms with E-state index in [1.807, 2.05) is 25.1 Å². The number of aryl methyl sites for hydroxylation is 1. The Labute approximate surface area is 209 Å². The Morgan fingerprint density at radius 3 is 2.40 bits per heavy atom. The lowest BCUT2D eigenvalue weighted by molar-refractivity contribution is -0.126. The van der Waals surface area contributed by atoms with E-state index in [0.29, 0.717) is 16.3 Å². The van der Waals surface area contributed by atoms with Crippen LogP contribution < -0.4 is 15.5 Å². The number of nitrogens with zero attached hydrogens (tertiary/aromatic N) is 1. The SMILES string of the molecule is Cc1ccccc1N(C(=O)CNC(=O)c1ccco1)[C@@H](C(=O)NC1CCCC1)c1ccc(Cl)cc1. The first-order valence-corrected chi connectivity index (χ1v) is 12.1. The molecule has 0 bridgehead atoms. The Bertz CT molecular complexity index is 1170. The zero-order valence-electron chi connectivity index (χ0n) is 19.5. The Balaban J connectivity index is 1.69. The van der Waals surface area contributed by atoms with Gasteiger partial charge in [0.25, 0.3) is 5.91 Å². The molecule has 2 aromatic carbocycles. The number of hydrogen-bond donors (Lipinski definition) is 2. The smallest absolute Gasteiger partial charge is 0.287 e. The molecule has 1 heterocycles. The van der Waals surface area contributed by atoms with Crippen LogP contribution >= 0.6 is 11.6 Å². The average molecular weight is 494 g/mol. The summed E-state index contributed by atoms with van der Waals surface area (Å²) in [6.07, 6.45) is 5.35. The third-order valence-electron chi connectivity index (χ3n) is 6.18. The maximum atomic E-state index is 13.7. The minimum atomic E-state index is -0.943. The van der Waals surface area contributed by atoms with Gasteiger partial charge in [-0.25, -0.2) is 0 Å². The predicted octanol–water partition coefficient (Wildman–Crippen LogP) is 4.80. The molecular formula is C27H28ClN3O4. The standard InChI is InChI=1S/C27H28ClN3O4/c1-18-7-2-5-10-22(18)31(24(32)17-29-26(33)23-11-6-16-35-23)25(19-12-14-20(28)15-13-19)27(34)30-21-8-3-4-9-21/h2,5-7,10-16,21,25H,3-4,8-9,17H2,1H3,(H,29,33)(H,30,34)/t25-/m1/s1. The van der Waals surface area contributed by atoms with Gasteiger partial charge in [0, 0.05) is 16.8 Å². The lowest BCUT2D eigenvalue weighted by Crippen LogP contribution is -2.49. The van der Waals surface area contributed by atoms with Crippen LogP contribution in [0.5, 0.6) is 0 Å². The molecule has 1 aromatic heterocycles. The first-order valence-electron chi connectivity index (χ1n) is 11.7. The van der Waals surface area contributed by atoms with Gasteiger partial charge in [0.2, 0.25) is 11.8 Å². The molecule has 1 aliphatic carbocycles. The molecule has 7 nitrogen and oxygen atoms in total. The number of carbonyl (C=O) groups excluding carboxylic acids is 3. The van der Waals surface area contributed by atoms with Crippen molar-refractivity contribution < 1.29 is 18.8 Å². The fourth-order valence-electron chi connectivity index (χ4n) is 4.40. The number of rotatable bonds is 8. The molecule has 0 unspecified atom stereocenters. The summed E-state index contributed by atoms with van der Waals surface area (Å²) in [6, 6.07) is 16.5. The molecule has 0 spiro atoms. The van der Waals surface area contributed by atoms with E-state index in [0.717, 1.165) is 31.2 Å². The lowest BCUT2D eigenvalue weighted by Gasteiger charge is -2.33. The van der Waals surface area contributed by atoms with Gasteiger partial charge in [-0.15, -0.1) is 0 Å². The summed E-state index contributed by atoms with van der Waals surface area (Å²) in [6.45, 7) is 1.57. The number of carbonyl (C=O) groups is 3. The summed E-state index contributed by atoms with van der Waals surface area (Å²) >= 11 is 6.11. The second kappa shape index (κ2) is 11.2. The van der Waals surface area contributed by atoms with Gasteiger partial charge < -0.3 is 15.1 Å². The van der Waals surface area contributed by atoms with Crippen LogP contribution in [-0.2, 0) is 9.59 Å². The molecule has 0 radical (unpaired) electrons. The third kappa shape index (κ3) is 5.92. The molecule has 0 saturated heterocycles. The van der Waals surface area contributed by atoms with Crippen LogP contribution in [0, 0.1) is 6.92 Å². The molecule has 3 amide bonds. The van der Waals surface area contributed by atoms with Gasteiger partial charge in [0.05, 0.1) is 12.8 Å². The Hall–Kier alpha value is -3.58. The molecule has 4 rings (SSSR count). The van der Waals surface area contributed by atoms with Crippen LogP contribution in [0.3, 0.4) is 0 Å². The van der Waals surface area contributed by atoms with E-state index < -0.39 is 17.9 Å². The van der Waals surface area contributed by atoms with Crippen molar-refractivity contribution in [3.8, 4) is 0 Å². The molecule has 2 N–H and O–H groups in total. The number of halogens is 1. The lowest BCUT2D eigenvalue weighted by atomic mass is 10.0.